The standard InChI is InChI=1S/C14H28N2O2/c1-3-14(15,4-2)13(17)16-10-11-18-12-8-6-5-7-9-12/h12H,3-11,15H2,1-2H3,(H,16,17). The topological polar surface area (TPSA) is 64.4 Å². The molecule has 0 spiro atoms. The van der Waals surface area contributed by atoms with Gasteiger partial charge in [0.2, 0.25) is 5.91 Å². The number of nitrogens with one attached hydrogen (secondary N) is 1. The second-order valence-corrected chi connectivity index (χ2v) is 5.25. The smallest absolute Gasteiger partial charge is 0.240 e. The Labute approximate surface area is 111 Å². The molecule has 106 valence electrons. The summed E-state index contributed by atoms with van der Waals surface area (Å²) in [5.41, 5.74) is 5.29. The lowest BCUT2D eigenvalue weighted by Gasteiger charge is -2.26. The first-order valence-electron chi connectivity index (χ1n) is 7.31. The average Bonchev–Trinajstić information content (AvgIpc) is 2.43. The zero-order valence-electron chi connectivity index (χ0n) is 11.8. The summed E-state index contributed by atoms with van der Waals surface area (Å²) in [7, 11) is 0. The molecule has 0 aromatic rings. The van der Waals surface area contributed by atoms with Gasteiger partial charge in [0, 0.05) is 6.54 Å². The van der Waals surface area contributed by atoms with Crippen LogP contribution in [0.2, 0.25) is 0 Å². The zero-order chi connectivity index (χ0) is 13.4. The monoisotopic (exact) mass is 256 g/mol. The molecular formula is C14H28N2O2. The molecule has 0 aromatic heterocycles. The highest BCUT2D eigenvalue weighted by atomic mass is 16.5. The maximum absolute atomic E-state index is 11.9. The summed E-state index contributed by atoms with van der Waals surface area (Å²) in [6.45, 7) is 5.05. The van der Waals surface area contributed by atoms with Gasteiger partial charge in [-0.2, -0.15) is 0 Å². The van der Waals surface area contributed by atoms with Crippen LogP contribution < -0.4 is 11.1 Å². The maximum Gasteiger partial charge on any atom is 0.240 e. The van der Waals surface area contributed by atoms with E-state index < -0.39 is 5.54 Å². The first kappa shape index (κ1) is 15.4. The van der Waals surface area contributed by atoms with Gasteiger partial charge in [-0.05, 0) is 25.7 Å². The molecule has 0 saturated heterocycles. The van der Waals surface area contributed by atoms with E-state index in [9.17, 15) is 4.79 Å². The van der Waals surface area contributed by atoms with Crippen molar-refractivity contribution < 1.29 is 9.53 Å². The van der Waals surface area contributed by atoms with E-state index in [0.29, 0.717) is 32.1 Å². The van der Waals surface area contributed by atoms with Gasteiger partial charge in [0.25, 0.3) is 0 Å². The van der Waals surface area contributed by atoms with Crippen LogP contribution in [0.3, 0.4) is 0 Å². The molecule has 1 fully saturated rings. The minimum absolute atomic E-state index is 0.0558. The first-order valence-corrected chi connectivity index (χ1v) is 7.31. The van der Waals surface area contributed by atoms with Gasteiger partial charge in [0.15, 0.2) is 0 Å². The van der Waals surface area contributed by atoms with Gasteiger partial charge in [0.1, 0.15) is 0 Å². The van der Waals surface area contributed by atoms with Crippen molar-refractivity contribution in [2.24, 2.45) is 5.73 Å². The van der Waals surface area contributed by atoms with Crippen molar-refractivity contribution in [3.05, 3.63) is 0 Å². The van der Waals surface area contributed by atoms with Crippen molar-refractivity contribution in [3.8, 4) is 0 Å². The van der Waals surface area contributed by atoms with Crippen molar-refractivity contribution in [2.45, 2.75) is 70.4 Å². The average molecular weight is 256 g/mol. The van der Waals surface area contributed by atoms with Gasteiger partial charge < -0.3 is 15.8 Å². The van der Waals surface area contributed by atoms with Crippen LogP contribution in [0.5, 0.6) is 0 Å². The summed E-state index contributed by atoms with van der Waals surface area (Å²) in [5, 5.41) is 2.88. The number of nitrogens with two attached hydrogens (primary N) is 1. The van der Waals surface area contributed by atoms with Crippen LogP contribution in [-0.2, 0) is 9.53 Å². The predicted molar refractivity (Wildman–Crippen MR) is 73.3 cm³/mol. The predicted octanol–water partition coefficient (Wildman–Crippen LogP) is 1.97. The van der Waals surface area contributed by atoms with Crippen LogP contribution in [0, 0.1) is 0 Å². The highest BCUT2D eigenvalue weighted by Gasteiger charge is 2.29. The van der Waals surface area contributed by atoms with Crippen molar-refractivity contribution in [3.63, 3.8) is 0 Å². The van der Waals surface area contributed by atoms with Crippen LogP contribution in [0.4, 0.5) is 0 Å². The Hall–Kier alpha value is -0.610. The van der Waals surface area contributed by atoms with E-state index in [1.165, 1.54) is 32.1 Å². The Morgan fingerprint density at radius 1 is 1.28 bits per heavy atom. The lowest BCUT2D eigenvalue weighted by molar-refractivity contribution is -0.127. The summed E-state index contributed by atoms with van der Waals surface area (Å²) < 4.78 is 5.76. The van der Waals surface area contributed by atoms with E-state index in [1.807, 2.05) is 13.8 Å². The summed E-state index contributed by atoms with van der Waals surface area (Å²) in [5.74, 6) is -0.0558. The summed E-state index contributed by atoms with van der Waals surface area (Å²) in [6.07, 6.45) is 7.94. The number of amides is 1. The fourth-order valence-corrected chi connectivity index (χ4v) is 2.37. The Morgan fingerprint density at radius 3 is 2.44 bits per heavy atom. The van der Waals surface area contributed by atoms with Gasteiger partial charge in [-0.25, -0.2) is 0 Å². The number of rotatable bonds is 7. The van der Waals surface area contributed by atoms with E-state index in [4.69, 9.17) is 10.5 Å². The zero-order valence-corrected chi connectivity index (χ0v) is 11.8. The number of hydrogen-bond donors (Lipinski definition) is 2. The lowest BCUT2D eigenvalue weighted by Crippen LogP contribution is -2.53. The SMILES string of the molecule is CCC(N)(CC)C(=O)NCCOC1CCCCC1. The van der Waals surface area contributed by atoms with E-state index >= 15 is 0 Å². The van der Waals surface area contributed by atoms with Gasteiger partial charge >= 0.3 is 0 Å². The van der Waals surface area contributed by atoms with E-state index in [2.05, 4.69) is 5.32 Å². The van der Waals surface area contributed by atoms with Gasteiger partial charge in [-0.15, -0.1) is 0 Å². The third kappa shape index (κ3) is 4.58. The third-order valence-electron chi connectivity index (χ3n) is 4.01. The van der Waals surface area contributed by atoms with Gasteiger partial charge in [-0.1, -0.05) is 33.1 Å². The fraction of sp³-hybridized carbons (Fsp3) is 0.929. The molecule has 1 aliphatic rings. The molecule has 0 radical (unpaired) electrons. The maximum atomic E-state index is 11.9. The second-order valence-electron chi connectivity index (χ2n) is 5.25. The quantitative estimate of drug-likeness (QED) is 0.684. The lowest BCUT2D eigenvalue weighted by atomic mass is 9.93. The molecule has 0 aliphatic heterocycles. The summed E-state index contributed by atoms with van der Waals surface area (Å²) in [4.78, 5) is 11.9. The van der Waals surface area contributed by atoms with Crippen LogP contribution >= 0.6 is 0 Å². The molecule has 4 heteroatoms. The van der Waals surface area contributed by atoms with Crippen LogP contribution in [0.25, 0.3) is 0 Å². The van der Waals surface area contributed by atoms with Crippen molar-refractivity contribution in [2.75, 3.05) is 13.2 Å². The molecule has 18 heavy (non-hydrogen) atoms. The highest BCUT2D eigenvalue weighted by Crippen LogP contribution is 2.19. The molecule has 0 heterocycles. The molecule has 1 saturated carbocycles. The normalized spacial score (nSPS) is 17.7. The number of hydrogen-bond acceptors (Lipinski definition) is 3. The molecule has 0 bridgehead atoms. The molecule has 0 aromatic carbocycles. The number of carbonyl (C=O) groups is 1. The molecule has 1 amide bonds. The molecule has 0 atom stereocenters. The molecule has 4 nitrogen and oxygen atoms in total. The van der Waals surface area contributed by atoms with Crippen LogP contribution in [0.1, 0.15) is 58.8 Å². The summed E-state index contributed by atoms with van der Waals surface area (Å²) >= 11 is 0. The van der Waals surface area contributed by atoms with Crippen molar-refractivity contribution in [1.29, 1.82) is 0 Å². The van der Waals surface area contributed by atoms with Gasteiger partial charge in [-0.3, -0.25) is 4.79 Å². The third-order valence-corrected chi connectivity index (χ3v) is 4.01. The Balaban J connectivity index is 2.15. The second kappa shape index (κ2) is 7.74. The Bertz CT molecular complexity index is 246. The number of ether oxygens (including phenoxy) is 1. The largest absolute Gasteiger partial charge is 0.376 e. The van der Waals surface area contributed by atoms with E-state index in [1.54, 1.807) is 0 Å². The Kier molecular flexibility index (Phi) is 6.65. The van der Waals surface area contributed by atoms with Gasteiger partial charge in [0.05, 0.1) is 18.2 Å². The molecular weight excluding hydrogens is 228 g/mol. The fourth-order valence-electron chi connectivity index (χ4n) is 2.37. The van der Waals surface area contributed by atoms with Crippen LogP contribution in [0.15, 0.2) is 0 Å². The highest BCUT2D eigenvalue weighted by molar-refractivity contribution is 5.85. The van der Waals surface area contributed by atoms with E-state index in [-0.39, 0.29) is 5.91 Å². The minimum Gasteiger partial charge on any atom is -0.376 e. The van der Waals surface area contributed by atoms with E-state index in [0.717, 1.165) is 0 Å². The molecule has 0 unspecified atom stereocenters. The molecule has 1 aliphatic carbocycles. The van der Waals surface area contributed by atoms with Crippen molar-refractivity contribution in [1.82, 2.24) is 5.32 Å². The molecule has 3 N–H and O–H groups in total. The number of carbonyl (C=O) groups excluding carboxylic acids is 1. The van der Waals surface area contributed by atoms with Crippen LogP contribution in [-0.4, -0.2) is 30.7 Å². The van der Waals surface area contributed by atoms with Crippen molar-refractivity contribution >= 4 is 5.91 Å². The molecule has 1 rings (SSSR count). The first-order chi connectivity index (χ1) is 8.62. The Morgan fingerprint density at radius 2 is 1.89 bits per heavy atom. The summed E-state index contributed by atoms with van der Waals surface area (Å²) in [6, 6.07) is 0. The minimum atomic E-state index is -0.717.